The molecule has 0 aliphatic rings. The number of hydrogen-bond acceptors (Lipinski definition) is 4. The summed E-state index contributed by atoms with van der Waals surface area (Å²) >= 11 is 0. The maximum Gasteiger partial charge on any atom is 0.351 e. The van der Waals surface area contributed by atoms with Crippen molar-refractivity contribution < 1.29 is 5.11 Å². The molecule has 0 radical (unpaired) electrons. The molecule has 1 heterocycles. The van der Waals surface area contributed by atoms with Crippen LogP contribution in [-0.2, 0) is 6.73 Å². The molecule has 0 bridgehead atoms. The fourth-order valence-electron chi connectivity index (χ4n) is 0.712. The molecule has 0 saturated carbocycles. The molecule has 0 aliphatic heterocycles. The second-order valence-corrected chi connectivity index (χ2v) is 2.20. The zero-order valence-corrected chi connectivity index (χ0v) is 6.11. The fourth-order valence-corrected chi connectivity index (χ4v) is 0.712. The summed E-state index contributed by atoms with van der Waals surface area (Å²) in [4.78, 5) is 14.3. The van der Waals surface area contributed by atoms with Crippen LogP contribution in [0.25, 0.3) is 0 Å². The van der Waals surface area contributed by atoms with Crippen LogP contribution in [-0.4, -0.2) is 14.7 Å². The van der Waals surface area contributed by atoms with Gasteiger partial charge in [0, 0.05) is 11.8 Å². The van der Waals surface area contributed by atoms with Crippen LogP contribution < -0.4 is 11.4 Å². The summed E-state index contributed by atoms with van der Waals surface area (Å²) < 4.78 is 1.08. The van der Waals surface area contributed by atoms with Crippen molar-refractivity contribution in [3.63, 3.8) is 0 Å². The highest BCUT2D eigenvalue weighted by Crippen LogP contribution is 2.00. The molecule has 0 saturated heterocycles. The molecule has 3 N–H and O–H groups in total. The minimum absolute atomic E-state index is 0.208. The Morgan fingerprint density at radius 3 is 3.00 bits per heavy atom. The van der Waals surface area contributed by atoms with Crippen molar-refractivity contribution in [3.8, 4) is 0 Å². The summed E-state index contributed by atoms with van der Waals surface area (Å²) in [5.74, 6) is 0.208. The lowest BCUT2D eigenvalue weighted by Gasteiger charge is -2.02. The van der Waals surface area contributed by atoms with Gasteiger partial charge in [0.15, 0.2) is 0 Å². The number of aliphatic hydroxyl groups excluding tert-OH is 1. The van der Waals surface area contributed by atoms with Crippen molar-refractivity contribution in [1.82, 2.24) is 9.55 Å². The first-order valence-electron chi connectivity index (χ1n) is 3.09. The van der Waals surface area contributed by atoms with Crippen LogP contribution in [0.4, 0.5) is 5.82 Å². The number of aromatic nitrogens is 2. The van der Waals surface area contributed by atoms with E-state index in [4.69, 9.17) is 10.8 Å². The Bertz CT molecular complexity index is 318. The van der Waals surface area contributed by atoms with Crippen LogP contribution in [0.2, 0.25) is 0 Å². The minimum atomic E-state index is -0.532. The summed E-state index contributed by atoms with van der Waals surface area (Å²) in [6.07, 6.45) is 1.46. The van der Waals surface area contributed by atoms with E-state index in [2.05, 4.69) is 4.98 Å². The molecule has 0 spiro atoms. The summed E-state index contributed by atoms with van der Waals surface area (Å²) in [6.45, 7) is 1.35. The Labute approximate surface area is 63.1 Å². The van der Waals surface area contributed by atoms with Crippen LogP contribution in [0.1, 0.15) is 5.56 Å². The van der Waals surface area contributed by atoms with Gasteiger partial charge >= 0.3 is 5.69 Å². The van der Waals surface area contributed by atoms with Gasteiger partial charge in [-0.15, -0.1) is 0 Å². The number of anilines is 1. The van der Waals surface area contributed by atoms with Gasteiger partial charge in [-0.25, -0.2) is 4.79 Å². The molecule has 5 heteroatoms. The maximum absolute atomic E-state index is 10.8. The standard InChI is InChI=1S/C6H9N3O2/c1-4-2-9(3-10)6(11)8-5(4)7/h2,10H,3H2,1H3,(H2,7,8,11). The number of nitrogens with zero attached hydrogens (tertiary/aromatic N) is 2. The molecule has 0 aliphatic carbocycles. The Morgan fingerprint density at radius 2 is 2.45 bits per heavy atom. The maximum atomic E-state index is 10.8. The lowest BCUT2D eigenvalue weighted by atomic mass is 10.3. The van der Waals surface area contributed by atoms with Gasteiger partial charge in [-0.3, -0.25) is 4.57 Å². The summed E-state index contributed by atoms with van der Waals surface area (Å²) in [7, 11) is 0. The van der Waals surface area contributed by atoms with Crippen molar-refractivity contribution in [2.75, 3.05) is 5.73 Å². The molecule has 1 aromatic heterocycles. The van der Waals surface area contributed by atoms with E-state index in [1.165, 1.54) is 6.20 Å². The quantitative estimate of drug-likeness (QED) is 0.549. The van der Waals surface area contributed by atoms with Crippen LogP contribution in [0.3, 0.4) is 0 Å². The van der Waals surface area contributed by atoms with E-state index in [0.29, 0.717) is 5.56 Å². The summed E-state index contributed by atoms with van der Waals surface area (Å²) in [5.41, 5.74) is 5.49. The predicted octanol–water partition coefficient (Wildman–Crippen LogP) is -0.916. The molecule has 5 nitrogen and oxygen atoms in total. The largest absolute Gasteiger partial charge is 0.383 e. The normalized spacial score (nSPS) is 10.0. The van der Waals surface area contributed by atoms with E-state index < -0.39 is 5.69 Å². The van der Waals surface area contributed by atoms with Gasteiger partial charge in [-0.2, -0.15) is 4.98 Å². The SMILES string of the molecule is Cc1cn(CO)c(=O)nc1N. The molecule has 0 amide bonds. The average molecular weight is 155 g/mol. The third-order valence-corrected chi connectivity index (χ3v) is 1.37. The van der Waals surface area contributed by atoms with Crippen LogP contribution in [0.5, 0.6) is 0 Å². The molecule has 1 rings (SSSR count). The van der Waals surface area contributed by atoms with Gasteiger partial charge < -0.3 is 10.8 Å². The lowest BCUT2D eigenvalue weighted by Crippen LogP contribution is -2.24. The van der Waals surface area contributed by atoms with Gasteiger partial charge in [0.2, 0.25) is 0 Å². The van der Waals surface area contributed by atoms with Crippen LogP contribution >= 0.6 is 0 Å². The first-order chi connectivity index (χ1) is 5.15. The van der Waals surface area contributed by atoms with E-state index in [1.54, 1.807) is 6.92 Å². The summed E-state index contributed by atoms with van der Waals surface area (Å²) in [6, 6.07) is 0. The number of nitrogen functional groups attached to an aromatic ring is 1. The number of aryl methyl sites for hydroxylation is 1. The molecule has 60 valence electrons. The third-order valence-electron chi connectivity index (χ3n) is 1.37. The Hall–Kier alpha value is -1.36. The van der Waals surface area contributed by atoms with Gasteiger partial charge in [0.1, 0.15) is 12.5 Å². The molecule has 0 aromatic carbocycles. The smallest absolute Gasteiger partial charge is 0.351 e. The van der Waals surface area contributed by atoms with Gasteiger partial charge in [0.25, 0.3) is 0 Å². The second kappa shape index (κ2) is 2.71. The molecule has 11 heavy (non-hydrogen) atoms. The van der Waals surface area contributed by atoms with E-state index in [1.807, 2.05) is 0 Å². The molecular formula is C6H9N3O2. The van der Waals surface area contributed by atoms with Gasteiger partial charge in [-0.05, 0) is 6.92 Å². The molecular weight excluding hydrogens is 146 g/mol. The number of aliphatic hydroxyl groups is 1. The highest BCUT2D eigenvalue weighted by atomic mass is 16.3. The van der Waals surface area contributed by atoms with Crippen molar-refractivity contribution in [2.24, 2.45) is 0 Å². The highest BCUT2D eigenvalue weighted by Gasteiger charge is 1.99. The zero-order valence-electron chi connectivity index (χ0n) is 6.11. The average Bonchev–Trinajstić information content (AvgIpc) is 1.97. The van der Waals surface area contributed by atoms with Crippen LogP contribution in [0.15, 0.2) is 11.0 Å². The highest BCUT2D eigenvalue weighted by molar-refractivity contribution is 5.34. The monoisotopic (exact) mass is 155 g/mol. The molecule has 0 fully saturated rings. The third kappa shape index (κ3) is 1.38. The predicted molar refractivity (Wildman–Crippen MR) is 39.9 cm³/mol. The number of hydrogen-bond donors (Lipinski definition) is 2. The van der Waals surface area contributed by atoms with Crippen molar-refractivity contribution in [1.29, 1.82) is 0 Å². The van der Waals surface area contributed by atoms with Gasteiger partial charge in [-0.1, -0.05) is 0 Å². The van der Waals surface area contributed by atoms with E-state index >= 15 is 0 Å². The first-order valence-corrected chi connectivity index (χ1v) is 3.09. The van der Waals surface area contributed by atoms with E-state index in [0.717, 1.165) is 4.57 Å². The van der Waals surface area contributed by atoms with E-state index in [9.17, 15) is 4.79 Å². The van der Waals surface area contributed by atoms with Crippen LogP contribution in [0, 0.1) is 6.92 Å². The minimum Gasteiger partial charge on any atom is -0.383 e. The second-order valence-electron chi connectivity index (χ2n) is 2.20. The lowest BCUT2D eigenvalue weighted by molar-refractivity contribution is 0.204. The Morgan fingerprint density at radius 1 is 1.82 bits per heavy atom. The van der Waals surface area contributed by atoms with Gasteiger partial charge in [0.05, 0.1) is 0 Å². The summed E-state index contributed by atoms with van der Waals surface area (Å²) in [5, 5.41) is 8.62. The fraction of sp³-hybridized carbons (Fsp3) is 0.333. The number of nitrogens with two attached hydrogens (primary N) is 1. The first kappa shape index (κ1) is 7.74. The molecule has 0 atom stereocenters. The Balaban J connectivity index is 3.32. The molecule has 1 aromatic rings. The Kier molecular flexibility index (Phi) is 1.91. The zero-order chi connectivity index (χ0) is 8.43. The topological polar surface area (TPSA) is 81.1 Å². The van der Waals surface area contributed by atoms with Crippen molar-refractivity contribution in [3.05, 3.63) is 22.2 Å². The van der Waals surface area contributed by atoms with Crippen molar-refractivity contribution >= 4 is 5.82 Å². The van der Waals surface area contributed by atoms with E-state index in [-0.39, 0.29) is 12.5 Å². The van der Waals surface area contributed by atoms with Crippen molar-refractivity contribution in [2.45, 2.75) is 13.7 Å². The molecule has 0 unspecified atom stereocenters. The number of rotatable bonds is 1.